The number of carbonyl (C=O) groups is 4. The monoisotopic (exact) mass is 402 g/mol. The molecule has 2 rings (SSSR count). The Labute approximate surface area is 170 Å². The van der Waals surface area contributed by atoms with Crippen LogP contribution in [0, 0.1) is 5.41 Å². The molecule has 1 aromatic carbocycles. The van der Waals surface area contributed by atoms with Crippen LogP contribution in [0.5, 0.6) is 5.75 Å². The van der Waals surface area contributed by atoms with Crippen molar-refractivity contribution in [2.24, 2.45) is 11.1 Å². The van der Waals surface area contributed by atoms with Crippen LogP contribution in [0.3, 0.4) is 0 Å². The molecule has 1 atom stereocenters. The number of para-hydroxylation sites is 1. The van der Waals surface area contributed by atoms with Gasteiger partial charge < -0.3 is 25.8 Å². The molecule has 0 aliphatic carbocycles. The Morgan fingerprint density at radius 3 is 2.66 bits per heavy atom. The summed E-state index contributed by atoms with van der Waals surface area (Å²) in [5.41, 5.74) is 5.46. The van der Waals surface area contributed by atoms with E-state index in [1.165, 1.54) is 7.48 Å². The quantitative estimate of drug-likeness (QED) is 0.345. The van der Waals surface area contributed by atoms with Crippen molar-refractivity contribution in [1.82, 2.24) is 10.6 Å². The molecule has 9 nitrogen and oxygen atoms in total. The predicted molar refractivity (Wildman–Crippen MR) is 105 cm³/mol. The summed E-state index contributed by atoms with van der Waals surface area (Å²) in [6.45, 7) is 4.99. The number of rotatable bonds is 7. The van der Waals surface area contributed by atoms with Gasteiger partial charge in [0.2, 0.25) is 5.91 Å². The normalized spacial score (nSPS) is 15.2. The Bertz CT molecular complexity index is 806. The summed E-state index contributed by atoms with van der Waals surface area (Å²) in [6, 6.07) is 4.40. The van der Waals surface area contributed by atoms with E-state index in [9.17, 15) is 19.2 Å². The number of amides is 3. The second kappa shape index (κ2) is 9.44. The zero-order valence-corrected chi connectivity index (χ0v) is 16.7. The van der Waals surface area contributed by atoms with E-state index in [0.29, 0.717) is 17.7 Å². The lowest BCUT2D eigenvalue weighted by Gasteiger charge is -2.26. The summed E-state index contributed by atoms with van der Waals surface area (Å²) in [5.74, 6) is -0.965. The number of urea groups is 1. The highest BCUT2D eigenvalue weighted by molar-refractivity contribution is 6.32. The van der Waals surface area contributed by atoms with Gasteiger partial charge in [-0.2, -0.15) is 0 Å². The summed E-state index contributed by atoms with van der Waals surface area (Å²) in [4.78, 5) is 46.8. The molecule has 4 N–H and O–H groups in total. The summed E-state index contributed by atoms with van der Waals surface area (Å²) in [7, 11) is 1.43. The number of benzene rings is 1. The van der Waals surface area contributed by atoms with Gasteiger partial charge in [0.1, 0.15) is 5.75 Å². The highest BCUT2D eigenvalue weighted by atomic mass is 16.5. The molecule has 0 spiro atoms. The molecular formula is C19H25BN3O6. The van der Waals surface area contributed by atoms with E-state index in [1.807, 2.05) is 0 Å². The van der Waals surface area contributed by atoms with Crippen molar-refractivity contribution in [2.75, 3.05) is 13.2 Å². The second-order valence-corrected chi connectivity index (χ2v) is 7.70. The van der Waals surface area contributed by atoms with E-state index in [2.05, 4.69) is 10.6 Å². The van der Waals surface area contributed by atoms with Gasteiger partial charge in [-0.1, -0.05) is 12.1 Å². The third kappa shape index (κ3) is 6.51. The largest absolute Gasteiger partial charge is 0.560 e. The smallest absolute Gasteiger partial charge is 0.394 e. The van der Waals surface area contributed by atoms with E-state index < -0.39 is 23.3 Å². The Morgan fingerprint density at radius 2 is 2.00 bits per heavy atom. The first kappa shape index (κ1) is 22.3. The number of primary amides is 1. The highest BCUT2D eigenvalue weighted by Gasteiger charge is 2.28. The number of Topliss-reactive ketones (excluding diaryl/α,β-unsaturated/α-hetero) is 1. The maximum atomic E-state index is 12.5. The standard InChI is InChI=1S/C19H25BN3O6/c1-19(2,3)17(26)28-8-7-13(24)12-6-4-5-11-9-14(20-29-16(11)12)23-15(25)10-22-18(21)27/h4-6,14H,7-10H2,1-3H3,(H,23,25)(H3,21,22,27). The lowest BCUT2D eigenvalue weighted by molar-refractivity contribution is -0.152. The SMILES string of the molecule is CC(C)(C)C(=O)OCCC(=O)c1cccc2c1O[B]C(NC(=O)CNC(N)=O)C2. The molecule has 3 amide bonds. The Kier molecular flexibility index (Phi) is 7.25. The van der Waals surface area contributed by atoms with E-state index in [-0.39, 0.29) is 31.3 Å². The van der Waals surface area contributed by atoms with E-state index in [1.54, 1.807) is 39.0 Å². The van der Waals surface area contributed by atoms with Crippen LogP contribution in [0.15, 0.2) is 18.2 Å². The number of esters is 1. The van der Waals surface area contributed by atoms with Crippen LogP contribution in [0.4, 0.5) is 4.79 Å². The number of ether oxygens (including phenoxy) is 1. The van der Waals surface area contributed by atoms with Crippen molar-refractivity contribution in [3.63, 3.8) is 0 Å². The van der Waals surface area contributed by atoms with Gasteiger partial charge in [0.25, 0.3) is 0 Å². The minimum absolute atomic E-state index is 0.00609. The van der Waals surface area contributed by atoms with Crippen molar-refractivity contribution in [1.29, 1.82) is 0 Å². The number of ketones is 1. The van der Waals surface area contributed by atoms with Crippen LogP contribution in [0.1, 0.15) is 43.1 Å². The predicted octanol–water partition coefficient (Wildman–Crippen LogP) is 0.513. The van der Waals surface area contributed by atoms with Gasteiger partial charge in [0.15, 0.2) is 5.78 Å². The van der Waals surface area contributed by atoms with Crippen LogP contribution in [0.2, 0.25) is 0 Å². The minimum Gasteiger partial charge on any atom is -0.560 e. The zero-order chi connectivity index (χ0) is 21.6. The average molecular weight is 402 g/mol. The van der Waals surface area contributed by atoms with Gasteiger partial charge in [-0.3, -0.25) is 14.4 Å². The van der Waals surface area contributed by atoms with Crippen molar-refractivity contribution in [3.05, 3.63) is 29.3 Å². The molecule has 1 aromatic rings. The fourth-order valence-electron chi connectivity index (χ4n) is 2.64. The van der Waals surface area contributed by atoms with E-state index in [0.717, 1.165) is 5.56 Å². The Morgan fingerprint density at radius 1 is 1.28 bits per heavy atom. The van der Waals surface area contributed by atoms with Crippen molar-refractivity contribution in [2.45, 2.75) is 39.6 Å². The van der Waals surface area contributed by atoms with E-state index in [4.69, 9.17) is 15.1 Å². The Balaban J connectivity index is 1.94. The molecule has 0 saturated carbocycles. The highest BCUT2D eigenvalue weighted by Crippen LogP contribution is 2.29. The first-order valence-corrected chi connectivity index (χ1v) is 9.23. The molecule has 0 aromatic heterocycles. The molecule has 0 fully saturated rings. The van der Waals surface area contributed by atoms with Gasteiger partial charge in [0, 0.05) is 12.4 Å². The van der Waals surface area contributed by atoms with Gasteiger partial charge >= 0.3 is 19.5 Å². The fraction of sp³-hybridized carbons (Fsp3) is 0.474. The number of nitrogens with two attached hydrogens (primary N) is 1. The summed E-state index contributed by atoms with van der Waals surface area (Å²) < 4.78 is 10.8. The maximum Gasteiger partial charge on any atom is 0.394 e. The number of carbonyl (C=O) groups excluding carboxylic acids is 4. The fourth-order valence-corrected chi connectivity index (χ4v) is 2.64. The van der Waals surface area contributed by atoms with Gasteiger partial charge in [-0.15, -0.1) is 0 Å². The first-order chi connectivity index (χ1) is 13.6. The topological polar surface area (TPSA) is 137 Å². The van der Waals surface area contributed by atoms with Crippen LogP contribution >= 0.6 is 0 Å². The number of hydrogen-bond donors (Lipinski definition) is 3. The minimum atomic E-state index is -0.786. The van der Waals surface area contributed by atoms with Gasteiger partial charge in [-0.05, 0) is 38.8 Å². The Hall–Kier alpha value is -3.04. The number of nitrogens with one attached hydrogen (secondary N) is 2. The number of fused-ring (bicyclic) bond motifs is 1. The van der Waals surface area contributed by atoms with Crippen molar-refractivity contribution < 1.29 is 28.6 Å². The molecule has 0 bridgehead atoms. The van der Waals surface area contributed by atoms with Crippen LogP contribution in [0.25, 0.3) is 0 Å². The first-order valence-electron chi connectivity index (χ1n) is 9.23. The zero-order valence-electron chi connectivity index (χ0n) is 16.7. The lowest BCUT2D eigenvalue weighted by atomic mass is 9.78. The molecular weight excluding hydrogens is 377 g/mol. The van der Waals surface area contributed by atoms with Crippen molar-refractivity contribution in [3.8, 4) is 5.75 Å². The van der Waals surface area contributed by atoms with Crippen LogP contribution in [-0.4, -0.2) is 50.3 Å². The van der Waals surface area contributed by atoms with Gasteiger partial charge in [0.05, 0.1) is 24.1 Å². The third-order valence-electron chi connectivity index (χ3n) is 4.13. The molecule has 29 heavy (non-hydrogen) atoms. The van der Waals surface area contributed by atoms with Gasteiger partial charge in [-0.25, -0.2) is 4.79 Å². The third-order valence-corrected chi connectivity index (χ3v) is 4.13. The molecule has 1 radical (unpaired) electrons. The molecule has 0 saturated heterocycles. The summed E-state index contributed by atoms with van der Waals surface area (Å²) in [5, 5.41) is 4.90. The van der Waals surface area contributed by atoms with Crippen molar-refractivity contribution >= 4 is 31.2 Å². The average Bonchev–Trinajstić information content (AvgIpc) is 2.64. The molecule has 1 heterocycles. The summed E-state index contributed by atoms with van der Waals surface area (Å²) >= 11 is 0. The summed E-state index contributed by atoms with van der Waals surface area (Å²) in [6.07, 6.45) is 0.471. The lowest BCUT2D eigenvalue weighted by Crippen LogP contribution is -2.49. The molecule has 155 valence electrons. The van der Waals surface area contributed by atoms with Crippen LogP contribution in [-0.2, 0) is 20.7 Å². The second-order valence-electron chi connectivity index (χ2n) is 7.70. The molecule has 10 heteroatoms. The molecule has 1 aliphatic heterocycles. The van der Waals surface area contributed by atoms with Crippen LogP contribution < -0.4 is 21.0 Å². The molecule has 1 unspecified atom stereocenters. The van der Waals surface area contributed by atoms with E-state index >= 15 is 0 Å². The number of hydrogen-bond acceptors (Lipinski definition) is 6. The molecule has 1 aliphatic rings. The maximum absolute atomic E-state index is 12.5.